The third-order valence-corrected chi connectivity index (χ3v) is 4.80. The van der Waals surface area contributed by atoms with Gasteiger partial charge in [-0.2, -0.15) is 0 Å². The summed E-state index contributed by atoms with van der Waals surface area (Å²) in [4.78, 5) is 29.4. The lowest BCUT2D eigenvalue weighted by Crippen LogP contribution is -2.43. The van der Waals surface area contributed by atoms with Crippen molar-refractivity contribution in [2.75, 3.05) is 24.2 Å². The van der Waals surface area contributed by atoms with Gasteiger partial charge in [-0.15, -0.1) is 11.8 Å². The van der Waals surface area contributed by atoms with Crippen molar-refractivity contribution < 1.29 is 9.59 Å². The maximum atomic E-state index is 12.7. The predicted molar refractivity (Wildman–Crippen MR) is 79.9 cm³/mol. The molecule has 0 aliphatic carbocycles. The molecule has 2 amide bonds. The highest BCUT2D eigenvalue weighted by Crippen LogP contribution is 2.28. The monoisotopic (exact) mass is 290 g/mol. The molecule has 3 rings (SSSR count). The number of nitrogens with zero attached hydrogens (tertiary/aromatic N) is 2. The van der Waals surface area contributed by atoms with E-state index in [-0.39, 0.29) is 17.9 Å². The number of carbonyl (C=O) groups excluding carboxylic acids is 2. The first-order valence-corrected chi connectivity index (χ1v) is 8.18. The predicted octanol–water partition coefficient (Wildman–Crippen LogP) is 2.14. The molecule has 5 heteroatoms. The number of anilines is 1. The lowest BCUT2D eigenvalue weighted by Gasteiger charge is -2.25. The standard InChI is InChI=1S/C15H18N2O2S/c1-20-12-6-4-11(5-7-12)16-10-8-14(18)17-9-2-3-13(17)15(16)19/h4-7,13H,2-3,8-10H2,1H3. The minimum Gasteiger partial charge on any atom is -0.331 e. The molecule has 4 nitrogen and oxygen atoms in total. The van der Waals surface area contributed by atoms with Crippen LogP contribution in [0.1, 0.15) is 19.3 Å². The summed E-state index contributed by atoms with van der Waals surface area (Å²) in [5, 5.41) is 0. The fourth-order valence-electron chi connectivity index (χ4n) is 2.98. The SMILES string of the molecule is CSc1ccc(N2CCC(=O)N3CCCC3C2=O)cc1. The van der Waals surface area contributed by atoms with Gasteiger partial charge in [-0.05, 0) is 43.4 Å². The second-order valence-corrected chi connectivity index (χ2v) is 6.06. The molecule has 1 aromatic carbocycles. The molecule has 0 aromatic heterocycles. The third-order valence-electron chi connectivity index (χ3n) is 4.06. The fraction of sp³-hybridized carbons (Fsp3) is 0.467. The second kappa shape index (κ2) is 5.48. The molecule has 2 aliphatic rings. The van der Waals surface area contributed by atoms with Crippen LogP contribution in [0.25, 0.3) is 0 Å². The Kier molecular flexibility index (Phi) is 3.70. The van der Waals surface area contributed by atoms with E-state index < -0.39 is 0 Å². The van der Waals surface area contributed by atoms with E-state index in [4.69, 9.17) is 0 Å². The Morgan fingerprint density at radius 1 is 1.15 bits per heavy atom. The first-order valence-electron chi connectivity index (χ1n) is 6.95. The zero-order chi connectivity index (χ0) is 14.1. The van der Waals surface area contributed by atoms with E-state index >= 15 is 0 Å². The van der Waals surface area contributed by atoms with Crippen LogP contribution in [0.4, 0.5) is 5.69 Å². The van der Waals surface area contributed by atoms with Crippen LogP contribution in [-0.4, -0.2) is 42.1 Å². The number of benzene rings is 1. The normalized spacial score (nSPS) is 22.9. The quantitative estimate of drug-likeness (QED) is 0.784. The van der Waals surface area contributed by atoms with Gasteiger partial charge in [-0.1, -0.05) is 0 Å². The van der Waals surface area contributed by atoms with Crippen molar-refractivity contribution >= 4 is 29.3 Å². The fourth-order valence-corrected chi connectivity index (χ4v) is 3.39. The number of carbonyl (C=O) groups is 2. The van der Waals surface area contributed by atoms with Crippen molar-refractivity contribution in [3.63, 3.8) is 0 Å². The highest BCUT2D eigenvalue weighted by Gasteiger charge is 2.39. The molecule has 0 saturated carbocycles. The highest BCUT2D eigenvalue weighted by molar-refractivity contribution is 7.98. The Morgan fingerprint density at radius 3 is 2.60 bits per heavy atom. The summed E-state index contributed by atoms with van der Waals surface area (Å²) < 4.78 is 0. The molecule has 0 N–H and O–H groups in total. The molecule has 2 saturated heterocycles. The molecule has 2 heterocycles. The van der Waals surface area contributed by atoms with Gasteiger partial charge in [0.2, 0.25) is 11.8 Å². The third kappa shape index (κ3) is 2.30. The molecular weight excluding hydrogens is 272 g/mol. The van der Waals surface area contributed by atoms with E-state index in [1.807, 2.05) is 30.5 Å². The van der Waals surface area contributed by atoms with E-state index in [1.165, 1.54) is 4.90 Å². The van der Waals surface area contributed by atoms with Crippen molar-refractivity contribution in [3.8, 4) is 0 Å². The Balaban J connectivity index is 1.88. The topological polar surface area (TPSA) is 40.6 Å². The molecule has 106 valence electrons. The van der Waals surface area contributed by atoms with Gasteiger partial charge in [0.1, 0.15) is 6.04 Å². The van der Waals surface area contributed by atoms with Crippen molar-refractivity contribution in [2.45, 2.75) is 30.2 Å². The molecule has 1 atom stereocenters. The number of amides is 2. The number of fused-ring (bicyclic) bond motifs is 1. The maximum absolute atomic E-state index is 12.7. The van der Waals surface area contributed by atoms with Gasteiger partial charge in [0.25, 0.3) is 0 Å². The van der Waals surface area contributed by atoms with Crippen LogP contribution < -0.4 is 4.90 Å². The number of rotatable bonds is 2. The molecule has 2 fully saturated rings. The Labute approximate surface area is 123 Å². The summed E-state index contributed by atoms with van der Waals surface area (Å²) in [6, 6.07) is 7.74. The maximum Gasteiger partial charge on any atom is 0.249 e. The van der Waals surface area contributed by atoms with E-state index in [2.05, 4.69) is 0 Å². The van der Waals surface area contributed by atoms with Crippen LogP contribution >= 0.6 is 11.8 Å². The molecule has 1 aromatic rings. The van der Waals surface area contributed by atoms with Crippen molar-refractivity contribution in [1.29, 1.82) is 0 Å². The zero-order valence-electron chi connectivity index (χ0n) is 11.5. The minimum absolute atomic E-state index is 0.0743. The second-order valence-electron chi connectivity index (χ2n) is 5.18. The van der Waals surface area contributed by atoms with E-state index in [1.54, 1.807) is 21.6 Å². The molecule has 2 aliphatic heterocycles. The average Bonchev–Trinajstić information content (AvgIpc) is 2.93. The lowest BCUT2D eigenvalue weighted by molar-refractivity contribution is -0.135. The first kappa shape index (κ1) is 13.5. The van der Waals surface area contributed by atoms with Crippen LogP contribution in [0.15, 0.2) is 29.2 Å². The molecule has 20 heavy (non-hydrogen) atoms. The van der Waals surface area contributed by atoms with Gasteiger partial charge in [-0.25, -0.2) is 0 Å². The summed E-state index contributed by atoms with van der Waals surface area (Å²) in [5.74, 6) is 0.189. The van der Waals surface area contributed by atoms with Crippen LogP contribution in [0.5, 0.6) is 0 Å². The molecule has 1 unspecified atom stereocenters. The largest absolute Gasteiger partial charge is 0.331 e. The summed E-state index contributed by atoms with van der Waals surface area (Å²) in [6.45, 7) is 1.22. The van der Waals surface area contributed by atoms with Gasteiger partial charge in [0, 0.05) is 30.1 Å². The number of thioether (sulfide) groups is 1. The minimum atomic E-state index is -0.245. The molecule has 0 radical (unpaired) electrons. The smallest absolute Gasteiger partial charge is 0.249 e. The molecular formula is C15H18N2O2S. The number of hydrogen-bond donors (Lipinski definition) is 0. The first-order chi connectivity index (χ1) is 9.70. The van der Waals surface area contributed by atoms with Gasteiger partial charge in [-0.3, -0.25) is 9.59 Å². The highest BCUT2D eigenvalue weighted by atomic mass is 32.2. The average molecular weight is 290 g/mol. The van der Waals surface area contributed by atoms with Crippen LogP contribution in [0.3, 0.4) is 0 Å². The van der Waals surface area contributed by atoms with Gasteiger partial charge in [0.05, 0.1) is 0 Å². The molecule has 0 spiro atoms. The lowest BCUT2D eigenvalue weighted by atomic mass is 10.2. The summed E-state index contributed by atoms with van der Waals surface area (Å²) in [5.41, 5.74) is 0.898. The van der Waals surface area contributed by atoms with Crippen molar-refractivity contribution in [2.24, 2.45) is 0 Å². The van der Waals surface area contributed by atoms with E-state index in [0.29, 0.717) is 13.0 Å². The van der Waals surface area contributed by atoms with Crippen LogP contribution in [-0.2, 0) is 9.59 Å². The summed E-state index contributed by atoms with van der Waals surface area (Å²) in [7, 11) is 0. The Hall–Kier alpha value is -1.49. The van der Waals surface area contributed by atoms with E-state index in [9.17, 15) is 9.59 Å². The van der Waals surface area contributed by atoms with Gasteiger partial charge >= 0.3 is 0 Å². The Morgan fingerprint density at radius 2 is 1.90 bits per heavy atom. The summed E-state index contributed by atoms with van der Waals surface area (Å²) in [6.07, 6.45) is 4.18. The van der Waals surface area contributed by atoms with Gasteiger partial charge < -0.3 is 9.80 Å². The molecule has 0 bridgehead atoms. The Bertz CT molecular complexity index is 529. The zero-order valence-corrected chi connectivity index (χ0v) is 12.4. The van der Waals surface area contributed by atoms with Gasteiger partial charge in [0.15, 0.2) is 0 Å². The van der Waals surface area contributed by atoms with Crippen LogP contribution in [0, 0.1) is 0 Å². The van der Waals surface area contributed by atoms with Crippen molar-refractivity contribution in [3.05, 3.63) is 24.3 Å². The van der Waals surface area contributed by atoms with Crippen molar-refractivity contribution in [1.82, 2.24) is 4.90 Å². The summed E-state index contributed by atoms with van der Waals surface area (Å²) >= 11 is 1.68. The van der Waals surface area contributed by atoms with E-state index in [0.717, 1.165) is 25.1 Å². The van der Waals surface area contributed by atoms with Crippen LogP contribution in [0.2, 0.25) is 0 Å². The number of hydrogen-bond acceptors (Lipinski definition) is 3.